The fourth-order valence-electron chi connectivity index (χ4n) is 3.15. The summed E-state index contributed by atoms with van der Waals surface area (Å²) in [6, 6.07) is 15.3. The summed E-state index contributed by atoms with van der Waals surface area (Å²) >= 11 is 0. The molecule has 0 heterocycles. The van der Waals surface area contributed by atoms with Crippen LogP contribution in [0.2, 0.25) is 0 Å². The Hall–Kier alpha value is -2.81. The van der Waals surface area contributed by atoms with Gasteiger partial charge in [0, 0.05) is 5.56 Å². The predicted molar refractivity (Wildman–Crippen MR) is 96.5 cm³/mol. The first-order valence-corrected chi connectivity index (χ1v) is 8.01. The van der Waals surface area contributed by atoms with E-state index in [4.69, 9.17) is 4.74 Å². The lowest BCUT2D eigenvalue weighted by Gasteiger charge is -2.14. The van der Waals surface area contributed by atoms with Crippen molar-refractivity contribution in [2.75, 3.05) is 6.61 Å². The van der Waals surface area contributed by atoms with Crippen molar-refractivity contribution in [2.24, 2.45) is 0 Å². The third-order valence-electron chi connectivity index (χ3n) is 4.10. The molecular weight excluding hydrogens is 300 g/mol. The molecule has 122 valence electrons. The number of esters is 1. The minimum Gasteiger partial charge on any atom is -0.507 e. The van der Waals surface area contributed by atoms with Gasteiger partial charge in [0.15, 0.2) is 0 Å². The summed E-state index contributed by atoms with van der Waals surface area (Å²) in [6.07, 6.45) is 0. The van der Waals surface area contributed by atoms with Gasteiger partial charge in [0.1, 0.15) is 5.75 Å². The molecule has 0 aliphatic carbocycles. The van der Waals surface area contributed by atoms with Crippen molar-refractivity contribution in [3.63, 3.8) is 0 Å². The van der Waals surface area contributed by atoms with Gasteiger partial charge in [-0.05, 0) is 66.4 Å². The van der Waals surface area contributed by atoms with E-state index in [1.807, 2.05) is 50.2 Å². The number of carbonyl (C=O) groups excluding carboxylic acids is 1. The van der Waals surface area contributed by atoms with Gasteiger partial charge in [0.25, 0.3) is 0 Å². The van der Waals surface area contributed by atoms with Crippen LogP contribution in [0.15, 0.2) is 48.5 Å². The highest BCUT2D eigenvalue weighted by Gasteiger charge is 2.16. The molecule has 3 heteroatoms. The molecule has 0 bridgehead atoms. The summed E-state index contributed by atoms with van der Waals surface area (Å²) in [5.41, 5.74) is 4.05. The summed E-state index contributed by atoms with van der Waals surface area (Å²) in [7, 11) is 0. The summed E-state index contributed by atoms with van der Waals surface area (Å²) in [6.45, 7) is 6.03. The van der Waals surface area contributed by atoms with Crippen LogP contribution in [0.3, 0.4) is 0 Å². The summed E-state index contributed by atoms with van der Waals surface area (Å²) in [5, 5.41) is 12.4. The average Bonchev–Trinajstić information content (AvgIpc) is 2.54. The van der Waals surface area contributed by atoms with Crippen molar-refractivity contribution in [1.29, 1.82) is 0 Å². The third kappa shape index (κ3) is 2.85. The number of aromatic hydroxyl groups is 1. The molecule has 3 nitrogen and oxygen atoms in total. The van der Waals surface area contributed by atoms with Crippen molar-refractivity contribution >= 4 is 16.7 Å². The minimum atomic E-state index is -0.353. The maximum absolute atomic E-state index is 12.2. The van der Waals surface area contributed by atoms with Crippen molar-refractivity contribution in [1.82, 2.24) is 0 Å². The highest BCUT2D eigenvalue weighted by molar-refractivity contribution is 6.04. The molecule has 0 aliphatic rings. The SMILES string of the molecule is CCOC(=O)c1cc(-c2c(C)cc(C)cc2O)c2ccccc2c1. The van der Waals surface area contributed by atoms with Crippen molar-refractivity contribution in [3.8, 4) is 16.9 Å². The first-order chi connectivity index (χ1) is 11.5. The molecule has 0 saturated heterocycles. The fourth-order valence-corrected chi connectivity index (χ4v) is 3.15. The summed E-state index contributed by atoms with van der Waals surface area (Å²) < 4.78 is 5.15. The van der Waals surface area contributed by atoms with Gasteiger partial charge in [0.2, 0.25) is 0 Å². The Balaban J connectivity index is 2.32. The van der Waals surface area contributed by atoms with E-state index in [9.17, 15) is 9.90 Å². The highest BCUT2D eigenvalue weighted by Crippen LogP contribution is 2.38. The van der Waals surface area contributed by atoms with Crippen molar-refractivity contribution < 1.29 is 14.6 Å². The van der Waals surface area contributed by atoms with Gasteiger partial charge in [-0.3, -0.25) is 0 Å². The molecule has 0 saturated carbocycles. The highest BCUT2D eigenvalue weighted by atomic mass is 16.5. The van der Waals surface area contributed by atoms with E-state index in [1.54, 1.807) is 19.1 Å². The van der Waals surface area contributed by atoms with Crippen LogP contribution in [0.1, 0.15) is 28.4 Å². The lowest BCUT2D eigenvalue weighted by Crippen LogP contribution is -2.05. The Labute approximate surface area is 141 Å². The van der Waals surface area contributed by atoms with Crippen LogP contribution in [-0.4, -0.2) is 17.7 Å². The van der Waals surface area contributed by atoms with E-state index in [1.165, 1.54) is 0 Å². The second kappa shape index (κ2) is 6.36. The molecule has 0 aromatic heterocycles. The number of hydrogen-bond donors (Lipinski definition) is 1. The number of hydrogen-bond acceptors (Lipinski definition) is 3. The minimum absolute atomic E-state index is 0.221. The van der Waals surface area contributed by atoms with E-state index >= 15 is 0 Å². The topological polar surface area (TPSA) is 46.5 Å². The molecule has 3 aromatic rings. The second-order valence-electron chi connectivity index (χ2n) is 5.94. The zero-order chi connectivity index (χ0) is 17.3. The van der Waals surface area contributed by atoms with E-state index in [0.717, 1.165) is 33.0 Å². The van der Waals surface area contributed by atoms with Gasteiger partial charge >= 0.3 is 5.97 Å². The normalized spacial score (nSPS) is 10.8. The number of benzene rings is 3. The van der Waals surface area contributed by atoms with Gasteiger partial charge in [-0.2, -0.15) is 0 Å². The Bertz CT molecular complexity index is 903. The summed E-state index contributed by atoms with van der Waals surface area (Å²) in [5.74, 6) is -0.132. The van der Waals surface area contributed by atoms with Gasteiger partial charge in [0.05, 0.1) is 12.2 Å². The third-order valence-corrected chi connectivity index (χ3v) is 4.10. The number of phenols is 1. The summed E-state index contributed by atoms with van der Waals surface area (Å²) in [4.78, 5) is 12.2. The Morgan fingerprint density at radius 3 is 2.54 bits per heavy atom. The lowest BCUT2D eigenvalue weighted by molar-refractivity contribution is 0.0526. The molecular formula is C21H20O3. The van der Waals surface area contributed by atoms with E-state index in [2.05, 4.69) is 0 Å². The number of rotatable bonds is 3. The molecule has 0 unspecified atom stereocenters. The first-order valence-electron chi connectivity index (χ1n) is 8.01. The molecule has 0 aliphatic heterocycles. The number of ether oxygens (including phenoxy) is 1. The number of aryl methyl sites for hydroxylation is 2. The van der Waals surface area contributed by atoms with Crippen LogP contribution in [0.4, 0.5) is 0 Å². The Morgan fingerprint density at radius 2 is 1.83 bits per heavy atom. The van der Waals surface area contributed by atoms with Gasteiger partial charge in [-0.1, -0.05) is 30.3 Å². The van der Waals surface area contributed by atoms with Crippen LogP contribution >= 0.6 is 0 Å². The van der Waals surface area contributed by atoms with E-state index in [-0.39, 0.29) is 11.7 Å². The quantitative estimate of drug-likeness (QED) is 0.690. The smallest absolute Gasteiger partial charge is 0.338 e. The van der Waals surface area contributed by atoms with Crippen LogP contribution < -0.4 is 0 Å². The lowest BCUT2D eigenvalue weighted by atomic mass is 9.91. The van der Waals surface area contributed by atoms with Crippen LogP contribution in [-0.2, 0) is 4.74 Å². The number of phenolic OH excluding ortho intramolecular Hbond substituents is 1. The second-order valence-corrected chi connectivity index (χ2v) is 5.94. The molecule has 0 amide bonds. The van der Waals surface area contributed by atoms with Crippen molar-refractivity contribution in [2.45, 2.75) is 20.8 Å². The maximum Gasteiger partial charge on any atom is 0.338 e. The largest absolute Gasteiger partial charge is 0.507 e. The van der Waals surface area contributed by atoms with E-state index < -0.39 is 0 Å². The first kappa shape index (κ1) is 16.1. The Kier molecular flexibility index (Phi) is 4.26. The predicted octanol–water partition coefficient (Wildman–Crippen LogP) is 5.01. The van der Waals surface area contributed by atoms with E-state index in [0.29, 0.717) is 12.2 Å². The molecule has 0 fully saturated rings. The molecule has 24 heavy (non-hydrogen) atoms. The monoisotopic (exact) mass is 320 g/mol. The van der Waals surface area contributed by atoms with Gasteiger partial charge in [-0.15, -0.1) is 0 Å². The molecule has 0 spiro atoms. The van der Waals surface area contributed by atoms with Gasteiger partial charge < -0.3 is 9.84 Å². The fraction of sp³-hybridized carbons (Fsp3) is 0.190. The molecule has 0 atom stereocenters. The average molecular weight is 320 g/mol. The number of carbonyl (C=O) groups is 1. The molecule has 1 N–H and O–H groups in total. The van der Waals surface area contributed by atoms with Crippen molar-refractivity contribution in [3.05, 3.63) is 65.2 Å². The Morgan fingerprint density at radius 1 is 1.08 bits per heavy atom. The molecule has 3 rings (SSSR count). The van der Waals surface area contributed by atoms with Crippen LogP contribution in [0.25, 0.3) is 21.9 Å². The zero-order valence-corrected chi connectivity index (χ0v) is 14.1. The van der Waals surface area contributed by atoms with Crippen LogP contribution in [0.5, 0.6) is 5.75 Å². The number of fused-ring (bicyclic) bond motifs is 1. The van der Waals surface area contributed by atoms with Gasteiger partial charge in [-0.25, -0.2) is 4.79 Å². The molecule has 3 aromatic carbocycles. The maximum atomic E-state index is 12.2. The van der Waals surface area contributed by atoms with Crippen LogP contribution in [0, 0.1) is 13.8 Å². The molecule has 0 radical (unpaired) electrons. The standard InChI is InChI=1S/C21H20O3/c1-4-24-21(23)16-11-15-7-5-6-8-17(15)18(12-16)20-14(3)9-13(2)10-19(20)22/h5-12,22H,4H2,1-3H3. The zero-order valence-electron chi connectivity index (χ0n) is 14.1.